The lowest BCUT2D eigenvalue weighted by Gasteiger charge is -2.24. The third kappa shape index (κ3) is 2.67. The molecule has 1 aliphatic heterocycles. The van der Waals surface area contributed by atoms with E-state index in [0.29, 0.717) is 16.8 Å². The molecule has 5 heteroatoms. The van der Waals surface area contributed by atoms with Crippen LogP contribution in [-0.4, -0.2) is 11.0 Å². The van der Waals surface area contributed by atoms with Gasteiger partial charge in [0.1, 0.15) is 5.82 Å². The molecule has 0 saturated carbocycles. The molecule has 1 N–H and O–H groups in total. The molecular weight excluding hydrogens is 343 g/mol. The van der Waals surface area contributed by atoms with Crippen molar-refractivity contribution in [1.29, 1.82) is 5.26 Å². The summed E-state index contributed by atoms with van der Waals surface area (Å²) in [5.41, 5.74) is 0.615. The molecule has 0 aromatic heterocycles. The number of benzene rings is 3. The Morgan fingerprint density at radius 3 is 2.48 bits per heavy atom. The van der Waals surface area contributed by atoms with Crippen LogP contribution in [0.1, 0.15) is 22.3 Å². The van der Waals surface area contributed by atoms with Crippen LogP contribution < -0.4 is 4.90 Å². The highest BCUT2D eigenvalue weighted by atomic mass is 19.1. The Bertz CT molecular complexity index is 1070. The molecule has 0 saturated heterocycles. The SMILES string of the molecule is N#Cc1ccc(CN2C(=O)C(O)(c3cccc(F)c3)c3ccccc32)cc1. The second-order valence-electron chi connectivity index (χ2n) is 6.44. The minimum atomic E-state index is -1.94. The Hall–Kier alpha value is -3.49. The maximum atomic E-state index is 13.7. The van der Waals surface area contributed by atoms with Gasteiger partial charge in [-0.3, -0.25) is 4.79 Å². The smallest absolute Gasteiger partial charge is 0.268 e. The van der Waals surface area contributed by atoms with Gasteiger partial charge in [-0.2, -0.15) is 5.26 Å². The predicted molar refractivity (Wildman–Crippen MR) is 98.2 cm³/mol. The molecule has 4 nitrogen and oxygen atoms in total. The van der Waals surface area contributed by atoms with Crippen molar-refractivity contribution in [3.63, 3.8) is 0 Å². The van der Waals surface area contributed by atoms with Gasteiger partial charge in [-0.1, -0.05) is 42.5 Å². The van der Waals surface area contributed by atoms with Crippen molar-refractivity contribution in [2.45, 2.75) is 12.1 Å². The number of amides is 1. The lowest BCUT2D eigenvalue weighted by atomic mass is 9.87. The zero-order chi connectivity index (χ0) is 19.0. The lowest BCUT2D eigenvalue weighted by molar-refractivity contribution is -0.132. The number of anilines is 1. The van der Waals surface area contributed by atoms with Crippen molar-refractivity contribution in [3.8, 4) is 6.07 Å². The molecule has 4 rings (SSSR count). The highest BCUT2D eigenvalue weighted by Crippen LogP contribution is 2.44. The first-order valence-electron chi connectivity index (χ1n) is 8.43. The fraction of sp³-hybridized carbons (Fsp3) is 0.0909. The predicted octanol–water partition coefficient (Wildman–Crippen LogP) is 3.48. The molecule has 0 bridgehead atoms. The Kier molecular flexibility index (Phi) is 3.98. The monoisotopic (exact) mass is 358 g/mol. The van der Waals surface area contributed by atoms with Gasteiger partial charge in [0.2, 0.25) is 0 Å². The summed E-state index contributed by atoms with van der Waals surface area (Å²) >= 11 is 0. The van der Waals surface area contributed by atoms with E-state index in [1.807, 2.05) is 0 Å². The van der Waals surface area contributed by atoms with Gasteiger partial charge in [-0.15, -0.1) is 0 Å². The summed E-state index contributed by atoms with van der Waals surface area (Å²) in [6.45, 7) is 0.235. The molecule has 3 aromatic rings. The first-order valence-corrected chi connectivity index (χ1v) is 8.43. The molecule has 1 amide bonds. The van der Waals surface area contributed by atoms with Gasteiger partial charge in [0, 0.05) is 11.1 Å². The third-order valence-corrected chi connectivity index (χ3v) is 4.81. The fourth-order valence-electron chi connectivity index (χ4n) is 3.45. The van der Waals surface area contributed by atoms with E-state index in [-0.39, 0.29) is 12.1 Å². The molecule has 0 aliphatic carbocycles. The standard InChI is InChI=1S/C22H15FN2O2/c23-18-5-3-4-17(12-18)22(27)19-6-1-2-7-20(19)25(21(22)26)14-16-10-8-15(13-24)9-11-16/h1-12,27H,14H2. The zero-order valence-corrected chi connectivity index (χ0v) is 14.3. The first-order chi connectivity index (χ1) is 13.0. The quantitative estimate of drug-likeness (QED) is 0.780. The average Bonchev–Trinajstić information content (AvgIpc) is 2.92. The molecular formula is C22H15FN2O2. The second-order valence-corrected chi connectivity index (χ2v) is 6.44. The molecule has 0 fully saturated rings. The largest absolute Gasteiger partial charge is 0.372 e. The minimum Gasteiger partial charge on any atom is -0.372 e. The Labute approximate surface area is 155 Å². The molecule has 1 heterocycles. The Morgan fingerprint density at radius 1 is 1.04 bits per heavy atom. The van der Waals surface area contributed by atoms with Crippen LogP contribution in [0.5, 0.6) is 0 Å². The van der Waals surface area contributed by atoms with Gasteiger partial charge in [-0.25, -0.2) is 4.39 Å². The molecule has 1 unspecified atom stereocenters. The summed E-state index contributed by atoms with van der Waals surface area (Å²) in [6.07, 6.45) is 0. The minimum absolute atomic E-state index is 0.197. The van der Waals surface area contributed by atoms with E-state index in [4.69, 9.17) is 5.26 Å². The number of rotatable bonds is 3. The summed E-state index contributed by atoms with van der Waals surface area (Å²) in [6, 6.07) is 21.4. The highest BCUT2D eigenvalue weighted by Gasteiger charge is 2.50. The van der Waals surface area contributed by atoms with Gasteiger partial charge in [0.15, 0.2) is 5.60 Å². The fourth-order valence-corrected chi connectivity index (χ4v) is 3.45. The van der Waals surface area contributed by atoms with Crippen LogP contribution in [0.25, 0.3) is 0 Å². The number of aliphatic hydroxyl groups is 1. The van der Waals surface area contributed by atoms with E-state index in [1.165, 1.54) is 23.1 Å². The molecule has 1 atom stereocenters. The molecule has 0 spiro atoms. The number of carbonyl (C=O) groups is 1. The van der Waals surface area contributed by atoms with E-state index in [2.05, 4.69) is 6.07 Å². The molecule has 0 radical (unpaired) electrons. The van der Waals surface area contributed by atoms with E-state index in [0.717, 1.165) is 5.56 Å². The summed E-state index contributed by atoms with van der Waals surface area (Å²) in [5.74, 6) is -1.05. The van der Waals surface area contributed by atoms with Crippen LogP contribution in [0.4, 0.5) is 10.1 Å². The van der Waals surface area contributed by atoms with Crippen molar-refractivity contribution in [3.05, 3.63) is 101 Å². The number of hydrogen-bond acceptors (Lipinski definition) is 3. The summed E-state index contributed by atoms with van der Waals surface area (Å²) in [4.78, 5) is 14.7. The Morgan fingerprint density at radius 2 is 1.78 bits per heavy atom. The van der Waals surface area contributed by atoms with Gasteiger partial charge >= 0.3 is 0 Å². The summed E-state index contributed by atoms with van der Waals surface area (Å²) in [7, 11) is 0. The number of para-hydroxylation sites is 1. The van der Waals surface area contributed by atoms with Crippen molar-refractivity contribution >= 4 is 11.6 Å². The Balaban J connectivity index is 1.79. The van der Waals surface area contributed by atoms with E-state index in [1.54, 1.807) is 54.6 Å². The number of fused-ring (bicyclic) bond motifs is 1. The van der Waals surface area contributed by atoms with Gasteiger partial charge in [-0.05, 0) is 35.9 Å². The van der Waals surface area contributed by atoms with Crippen LogP contribution in [0.2, 0.25) is 0 Å². The van der Waals surface area contributed by atoms with Crippen molar-refractivity contribution < 1.29 is 14.3 Å². The number of nitriles is 1. The number of nitrogens with zero attached hydrogens (tertiary/aromatic N) is 2. The zero-order valence-electron chi connectivity index (χ0n) is 14.3. The van der Waals surface area contributed by atoms with Crippen molar-refractivity contribution in [1.82, 2.24) is 0 Å². The number of hydrogen-bond donors (Lipinski definition) is 1. The van der Waals surface area contributed by atoms with Crippen molar-refractivity contribution in [2.75, 3.05) is 4.90 Å². The summed E-state index contributed by atoms with van der Waals surface area (Å²) in [5, 5.41) is 20.3. The number of halogens is 1. The highest BCUT2D eigenvalue weighted by molar-refractivity contribution is 6.09. The number of carbonyl (C=O) groups excluding carboxylic acids is 1. The van der Waals surface area contributed by atoms with E-state index >= 15 is 0 Å². The van der Waals surface area contributed by atoms with Gasteiger partial charge in [0.05, 0.1) is 23.9 Å². The van der Waals surface area contributed by atoms with E-state index in [9.17, 15) is 14.3 Å². The topological polar surface area (TPSA) is 64.3 Å². The second kappa shape index (κ2) is 6.35. The van der Waals surface area contributed by atoms with Gasteiger partial charge < -0.3 is 10.0 Å². The third-order valence-electron chi connectivity index (χ3n) is 4.81. The van der Waals surface area contributed by atoms with Crippen molar-refractivity contribution in [2.24, 2.45) is 0 Å². The average molecular weight is 358 g/mol. The maximum absolute atomic E-state index is 13.7. The molecule has 3 aromatic carbocycles. The van der Waals surface area contributed by atoms with Crippen LogP contribution in [0.3, 0.4) is 0 Å². The van der Waals surface area contributed by atoms with Crippen LogP contribution in [-0.2, 0) is 16.9 Å². The van der Waals surface area contributed by atoms with Crippen LogP contribution in [0, 0.1) is 17.1 Å². The van der Waals surface area contributed by atoms with Crippen LogP contribution in [0.15, 0.2) is 72.8 Å². The molecule has 132 valence electrons. The lowest BCUT2D eigenvalue weighted by Crippen LogP contribution is -2.40. The van der Waals surface area contributed by atoms with E-state index < -0.39 is 17.3 Å². The first kappa shape index (κ1) is 17.0. The normalized spacial score (nSPS) is 18.3. The molecule has 1 aliphatic rings. The van der Waals surface area contributed by atoms with Crippen LogP contribution >= 0.6 is 0 Å². The molecule has 27 heavy (non-hydrogen) atoms. The van der Waals surface area contributed by atoms with Gasteiger partial charge in [0.25, 0.3) is 5.91 Å². The maximum Gasteiger partial charge on any atom is 0.268 e. The summed E-state index contributed by atoms with van der Waals surface area (Å²) < 4.78 is 13.7.